The van der Waals surface area contributed by atoms with Crippen LogP contribution in [0.4, 0.5) is 0 Å². The van der Waals surface area contributed by atoms with Crippen LogP contribution in [-0.2, 0) is 0 Å². The van der Waals surface area contributed by atoms with Gasteiger partial charge in [0.15, 0.2) is 0 Å². The lowest BCUT2D eigenvalue weighted by molar-refractivity contribution is 0.363. The van der Waals surface area contributed by atoms with E-state index < -0.39 is 0 Å². The Kier molecular flexibility index (Phi) is 4.79. The first-order valence-electron chi connectivity index (χ1n) is 3.97. The lowest BCUT2D eigenvalue weighted by Crippen LogP contribution is -1.92. The maximum Gasteiger partial charge on any atom is 0.119 e. The Bertz CT molecular complexity index is 269. The minimum absolute atomic E-state index is 0.572. The first-order valence-corrected chi connectivity index (χ1v) is 4.98. The van der Waals surface area contributed by atoms with Crippen molar-refractivity contribution in [3.05, 3.63) is 41.4 Å². The van der Waals surface area contributed by atoms with E-state index in [1.165, 1.54) is 0 Å². The van der Waals surface area contributed by atoms with Crippen molar-refractivity contribution in [3.8, 4) is 5.75 Å². The second-order valence-corrected chi connectivity index (χ2v) is 3.22. The summed E-state index contributed by atoms with van der Waals surface area (Å²) < 4.78 is 5.38. The van der Waals surface area contributed by atoms with E-state index in [1.807, 2.05) is 24.3 Å². The van der Waals surface area contributed by atoms with Crippen molar-refractivity contribution in [3.63, 3.8) is 0 Å². The van der Waals surface area contributed by atoms with Gasteiger partial charge in [-0.1, -0.05) is 23.8 Å². The zero-order chi connectivity index (χ0) is 9.52. The fraction of sp³-hybridized carbons (Fsp3) is 0.200. The molecule has 0 unspecified atom stereocenters. The molecule has 0 fully saturated rings. The topological polar surface area (TPSA) is 9.23 Å². The summed E-state index contributed by atoms with van der Waals surface area (Å²) in [4.78, 5) is 0. The summed E-state index contributed by atoms with van der Waals surface area (Å²) in [5.74, 6) is 1.57. The highest BCUT2D eigenvalue weighted by atomic mass is 35.5. The van der Waals surface area contributed by atoms with Crippen LogP contribution in [0.3, 0.4) is 0 Å². The highest BCUT2D eigenvalue weighted by Gasteiger charge is 1.90. The summed E-state index contributed by atoms with van der Waals surface area (Å²) in [6.07, 6.45) is 3.88. The third kappa shape index (κ3) is 4.25. The molecule has 1 aromatic rings. The lowest BCUT2D eigenvalue weighted by Gasteiger charge is -2.01. The third-order valence-electron chi connectivity index (χ3n) is 1.43. The van der Waals surface area contributed by atoms with Crippen molar-refractivity contribution in [2.24, 2.45) is 0 Å². The predicted octanol–water partition coefficient (Wildman–Crippen LogP) is 3.20. The Morgan fingerprint density at radius 2 is 1.92 bits per heavy atom. The molecule has 0 saturated heterocycles. The van der Waals surface area contributed by atoms with Crippen LogP contribution in [0.25, 0.3) is 0 Å². The van der Waals surface area contributed by atoms with Crippen molar-refractivity contribution in [1.29, 1.82) is 0 Å². The number of benzene rings is 1. The van der Waals surface area contributed by atoms with Gasteiger partial charge in [0.1, 0.15) is 12.4 Å². The molecule has 1 aromatic carbocycles. The van der Waals surface area contributed by atoms with Crippen LogP contribution >= 0.6 is 24.2 Å². The highest BCUT2D eigenvalue weighted by Crippen LogP contribution is 2.15. The molecule has 0 heterocycles. The summed E-state index contributed by atoms with van der Waals surface area (Å²) in [7, 11) is 0. The van der Waals surface area contributed by atoms with E-state index in [-0.39, 0.29) is 0 Å². The van der Waals surface area contributed by atoms with Gasteiger partial charge in [0, 0.05) is 10.8 Å². The number of ether oxygens (including phenoxy) is 1. The van der Waals surface area contributed by atoms with Crippen LogP contribution in [-0.4, -0.2) is 12.4 Å². The van der Waals surface area contributed by atoms with Gasteiger partial charge in [-0.05, 0) is 24.3 Å². The van der Waals surface area contributed by atoms with Crippen molar-refractivity contribution >= 4 is 24.2 Å². The van der Waals surface area contributed by atoms with E-state index in [1.54, 1.807) is 12.1 Å². The van der Waals surface area contributed by atoms with E-state index >= 15 is 0 Å². The van der Waals surface area contributed by atoms with E-state index in [4.69, 9.17) is 16.3 Å². The van der Waals surface area contributed by atoms with Crippen molar-refractivity contribution in [1.82, 2.24) is 0 Å². The van der Waals surface area contributed by atoms with Crippen molar-refractivity contribution in [2.45, 2.75) is 0 Å². The number of hydrogen-bond acceptors (Lipinski definition) is 2. The number of hydrogen-bond donors (Lipinski definition) is 1. The second-order valence-electron chi connectivity index (χ2n) is 2.42. The molecule has 3 heteroatoms. The zero-order valence-corrected chi connectivity index (χ0v) is 8.76. The molecule has 0 aliphatic carbocycles. The average molecular weight is 215 g/mol. The summed E-state index contributed by atoms with van der Waals surface area (Å²) in [6, 6.07) is 7.30. The van der Waals surface area contributed by atoms with Gasteiger partial charge < -0.3 is 4.74 Å². The van der Waals surface area contributed by atoms with Gasteiger partial charge in [-0.25, -0.2) is 0 Å². The third-order valence-corrected chi connectivity index (χ3v) is 1.89. The molecule has 0 aliphatic heterocycles. The second kappa shape index (κ2) is 5.95. The molecule has 0 radical (unpaired) electrons. The molecule has 0 bridgehead atoms. The van der Waals surface area contributed by atoms with E-state index in [2.05, 4.69) is 12.6 Å². The first-order chi connectivity index (χ1) is 6.33. The van der Waals surface area contributed by atoms with Crippen LogP contribution in [0.1, 0.15) is 0 Å². The Morgan fingerprint density at radius 1 is 1.23 bits per heavy atom. The van der Waals surface area contributed by atoms with Crippen LogP contribution in [0, 0.1) is 0 Å². The smallest absolute Gasteiger partial charge is 0.119 e. The van der Waals surface area contributed by atoms with Crippen molar-refractivity contribution < 1.29 is 4.74 Å². The summed E-state index contributed by atoms with van der Waals surface area (Å²) in [5, 5.41) is 0.721. The summed E-state index contributed by atoms with van der Waals surface area (Å²) in [5.41, 5.74) is 0. The summed E-state index contributed by atoms with van der Waals surface area (Å²) in [6.45, 7) is 0.572. The molecule has 0 aliphatic rings. The predicted molar refractivity (Wildman–Crippen MR) is 59.9 cm³/mol. The Balaban J connectivity index is 2.37. The van der Waals surface area contributed by atoms with E-state index in [9.17, 15) is 0 Å². The molecule has 70 valence electrons. The van der Waals surface area contributed by atoms with Gasteiger partial charge in [-0.15, -0.1) is 0 Å². The molecule has 1 rings (SSSR count). The normalized spacial score (nSPS) is 10.6. The zero-order valence-electron chi connectivity index (χ0n) is 7.11. The van der Waals surface area contributed by atoms with Gasteiger partial charge in [0.25, 0.3) is 0 Å². The lowest BCUT2D eigenvalue weighted by atomic mass is 10.3. The van der Waals surface area contributed by atoms with Crippen LogP contribution in [0.2, 0.25) is 5.02 Å². The van der Waals surface area contributed by atoms with Crippen LogP contribution in [0.5, 0.6) is 5.75 Å². The average Bonchev–Trinajstić information content (AvgIpc) is 2.15. The quantitative estimate of drug-likeness (QED) is 0.598. The summed E-state index contributed by atoms with van der Waals surface area (Å²) >= 11 is 9.75. The Morgan fingerprint density at radius 3 is 2.54 bits per heavy atom. The van der Waals surface area contributed by atoms with Crippen LogP contribution in [0.15, 0.2) is 36.4 Å². The molecular formula is C10H11ClOS. The largest absolute Gasteiger partial charge is 0.490 e. The van der Waals surface area contributed by atoms with E-state index in [0.29, 0.717) is 6.61 Å². The number of halogens is 1. The van der Waals surface area contributed by atoms with Gasteiger partial charge in [0.2, 0.25) is 0 Å². The molecule has 0 N–H and O–H groups in total. The minimum atomic E-state index is 0.572. The Hall–Kier alpha value is -0.600. The number of rotatable bonds is 4. The minimum Gasteiger partial charge on any atom is -0.490 e. The molecule has 13 heavy (non-hydrogen) atoms. The van der Waals surface area contributed by atoms with Gasteiger partial charge in [0.05, 0.1) is 0 Å². The number of thiol groups is 1. The molecule has 0 amide bonds. The molecule has 0 atom stereocenters. The molecule has 1 nitrogen and oxygen atoms in total. The van der Waals surface area contributed by atoms with E-state index in [0.717, 1.165) is 16.5 Å². The maximum atomic E-state index is 5.72. The standard InChI is InChI=1S/C10H11ClOS/c11-9-3-5-10(6-4-9)12-7-1-2-8-13/h1-6,13H,7-8H2. The first kappa shape index (κ1) is 10.5. The van der Waals surface area contributed by atoms with Gasteiger partial charge >= 0.3 is 0 Å². The molecule has 0 aromatic heterocycles. The SMILES string of the molecule is SCC=CCOc1ccc(Cl)cc1. The highest BCUT2D eigenvalue weighted by molar-refractivity contribution is 7.80. The van der Waals surface area contributed by atoms with Crippen molar-refractivity contribution in [2.75, 3.05) is 12.4 Å². The fourth-order valence-electron chi connectivity index (χ4n) is 0.818. The molecular weight excluding hydrogens is 204 g/mol. The maximum absolute atomic E-state index is 5.72. The van der Waals surface area contributed by atoms with Gasteiger partial charge in [-0.2, -0.15) is 12.6 Å². The monoisotopic (exact) mass is 214 g/mol. The molecule has 0 spiro atoms. The molecule has 0 saturated carbocycles. The van der Waals surface area contributed by atoms with Gasteiger partial charge in [-0.3, -0.25) is 0 Å². The Labute approximate surface area is 88.8 Å². The fourth-order valence-corrected chi connectivity index (χ4v) is 1.09. The van der Waals surface area contributed by atoms with Crippen LogP contribution < -0.4 is 4.74 Å².